The topological polar surface area (TPSA) is 137 Å². The van der Waals surface area contributed by atoms with Crippen molar-refractivity contribution in [1.82, 2.24) is 4.90 Å². The molecular weight excluding hydrogens is 550 g/mol. The number of hydrogen-bond donors (Lipinski definition) is 1. The first-order valence-electron chi connectivity index (χ1n) is 12.4. The standard InChI is InChI=1S/C29H27N3O8S/c1-18-7-8-19(2)24(13-18)39-12-11-31-28(34)26(41-29(31)35)15-20-9-10-23(25(14-20)38-3)40-17-27(33)30-21-5-4-6-22(16-21)32(36)37/h4-10,13-16H,11-12,17H2,1-3H3,(H,30,33)/b26-15-. The Morgan fingerprint density at radius 1 is 1.02 bits per heavy atom. The number of methoxy groups -OCH3 is 1. The fourth-order valence-corrected chi connectivity index (χ4v) is 4.75. The number of aryl methyl sites for hydroxylation is 2. The fraction of sp³-hybridized carbons (Fsp3) is 0.207. The molecule has 0 radical (unpaired) electrons. The van der Waals surface area contributed by atoms with Crippen molar-refractivity contribution in [3.63, 3.8) is 0 Å². The minimum atomic E-state index is -0.555. The van der Waals surface area contributed by atoms with Gasteiger partial charge in [0, 0.05) is 17.8 Å². The third-order valence-corrected chi connectivity index (χ3v) is 6.88. The molecule has 0 aromatic heterocycles. The maximum atomic E-state index is 12.9. The van der Waals surface area contributed by atoms with Crippen molar-refractivity contribution in [3.05, 3.63) is 92.4 Å². The first-order chi connectivity index (χ1) is 19.6. The Labute approximate surface area is 240 Å². The van der Waals surface area contributed by atoms with E-state index in [0.29, 0.717) is 17.1 Å². The van der Waals surface area contributed by atoms with E-state index in [1.807, 2.05) is 32.0 Å². The van der Waals surface area contributed by atoms with Gasteiger partial charge in [-0.2, -0.15) is 0 Å². The van der Waals surface area contributed by atoms with Crippen LogP contribution in [0, 0.1) is 24.0 Å². The predicted octanol–water partition coefficient (Wildman–Crippen LogP) is 5.35. The first-order valence-corrected chi connectivity index (χ1v) is 13.3. The van der Waals surface area contributed by atoms with Gasteiger partial charge in [0.25, 0.3) is 22.7 Å². The zero-order chi connectivity index (χ0) is 29.5. The molecule has 0 unspecified atom stereocenters. The van der Waals surface area contributed by atoms with E-state index in [1.165, 1.54) is 31.4 Å². The highest BCUT2D eigenvalue weighted by Crippen LogP contribution is 2.34. The number of carbonyl (C=O) groups excluding carboxylic acids is 3. The van der Waals surface area contributed by atoms with Gasteiger partial charge in [-0.05, 0) is 72.6 Å². The zero-order valence-corrected chi connectivity index (χ0v) is 23.4. The van der Waals surface area contributed by atoms with Gasteiger partial charge in [-0.15, -0.1) is 0 Å². The van der Waals surface area contributed by atoms with Crippen LogP contribution < -0.4 is 19.5 Å². The molecule has 1 aliphatic rings. The van der Waals surface area contributed by atoms with E-state index in [0.717, 1.165) is 27.8 Å². The van der Waals surface area contributed by atoms with Crippen LogP contribution >= 0.6 is 11.8 Å². The summed E-state index contributed by atoms with van der Waals surface area (Å²) < 4.78 is 16.8. The molecule has 3 aromatic rings. The number of nitrogens with zero attached hydrogens (tertiary/aromatic N) is 2. The highest BCUT2D eigenvalue weighted by atomic mass is 32.2. The number of nitrogens with one attached hydrogen (secondary N) is 1. The van der Waals surface area contributed by atoms with Crippen molar-refractivity contribution >= 4 is 46.3 Å². The summed E-state index contributed by atoms with van der Waals surface area (Å²) in [5, 5.41) is 13.1. The van der Waals surface area contributed by atoms with Gasteiger partial charge in [0.2, 0.25) is 0 Å². The molecule has 212 valence electrons. The quantitative estimate of drug-likeness (QED) is 0.181. The molecule has 4 rings (SSSR count). The van der Waals surface area contributed by atoms with Crippen LogP contribution in [0.25, 0.3) is 6.08 Å². The highest BCUT2D eigenvalue weighted by molar-refractivity contribution is 8.18. The third kappa shape index (κ3) is 7.42. The van der Waals surface area contributed by atoms with E-state index >= 15 is 0 Å². The van der Waals surface area contributed by atoms with Crippen LogP contribution in [0.1, 0.15) is 16.7 Å². The fourth-order valence-electron chi connectivity index (χ4n) is 3.88. The zero-order valence-electron chi connectivity index (χ0n) is 22.5. The van der Waals surface area contributed by atoms with E-state index in [4.69, 9.17) is 14.2 Å². The lowest BCUT2D eigenvalue weighted by molar-refractivity contribution is -0.384. The van der Waals surface area contributed by atoms with E-state index < -0.39 is 16.7 Å². The SMILES string of the molecule is COc1cc(/C=C2\SC(=O)N(CCOc3cc(C)ccc3C)C2=O)ccc1OCC(=O)Nc1cccc([N+](=O)[O-])c1. The molecule has 1 fully saturated rings. The van der Waals surface area contributed by atoms with Crippen LogP contribution in [0.5, 0.6) is 17.2 Å². The number of anilines is 1. The van der Waals surface area contributed by atoms with Crippen LogP contribution in [0.3, 0.4) is 0 Å². The van der Waals surface area contributed by atoms with Crippen LogP contribution in [-0.4, -0.2) is 53.7 Å². The predicted molar refractivity (Wildman–Crippen MR) is 154 cm³/mol. The van der Waals surface area contributed by atoms with Crippen LogP contribution in [0.4, 0.5) is 16.2 Å². The summed E-state index contributed by atoms with van der Waals surface area (Å²) in [6, 6.07) is 16.3. The van der Waals surface area contributed by atoms with Crippen molar-refractivity contribution in [3.8, 4) is 17.2 Å². The molecule has 0 aliphatic carbocycles. The molecule has 0 spiro atoms. The molecule has 41 heavy (non-hydrogen) atoms. The Hall–Kier alpha value is -4.84. The monoisotopic (exact) mass is 577 g/mol. The van der Waals surface area contributed by atoms with Crippen molar-refractivity contribution in [2.45, 2.75) is 13.8 Å². The smallest absolute Gasteiger partial charge is 0.293 e. The summed E-state index contributed by atoms with van der Waals surface area (Å²) in [7, 11) is 1.43. The number of nitro groups is 1. The molecule has 12 heteroatoms. The van der Waals surface area contributed by atoms with E-state index in [1.54, 1.807) is 24.3 Å². The largest absolute Gasteiger partial charge is 0.493 e. The molecule has 1 heterocycles. The number of benzene rings is 3. The molecule has 0 bridgehead atoms. The maximum absolute atomic E-state index is 12.9. The second kappa shape index (κ2) is 13.0. The van der Waals surface area contributed by atoms with Gasteiger partial charge in [-0.1, -0.05) is 24.3 Å². The highest BCUT2D eigenvalue weighted by Gasteiger charge is 2.34. The number of ether oxygens (including phenoxy) is 3. The average Bonchev–Trinajstić information content (AvgIpc) is 3.21. The molecule has 3 amide bonds. The summed E-state index contributed by atoms with van der Waals surface area (Å²) >= 11 is 0.840. The number of hydrogen-bond acceptors (Lipinski definition) is 9. The normalized spacial score (nSPS) is 13.8. The van der Waals surface area contributed by atoms with E-state index in [2.05, 4.69) is 5.32 Å². The van der Waals surface area contributed by atoms with Gasteiger partial charge in [-0.3, -0.25) is 29.4 Å². The molecule has 1 N–H and O–H groups in total. The van der Waals surface area contributed by atoms with Gasteiger partial charge in [0.15, 0.2) is 18.1 Å². The van der Waals surface area contributed by atoms with Crippen molar-refractivity contribution < 1.29 is 33.5 Å². The summed E-state index contributed by atoms with van der Waals surface area (Å²) in [4.78, 5) is 49.5. The number of nitro benzene ring substituents is 1. The van der Waals surface area contributed by atoms with Gasteiger partial charge in [-0.25, -0.2) is 0 Å². The Kier molecular flexibility index (Phi) is 9.25. The summed E-state index contributed by atoms with van der Waals surface area (Å²) in [6.07, 6.45) is 1.58. The lowest BCUT2D eigenvalue weighted by Gasteiger charge is -2.14. The van der Waals surface area contributed by atoms with Crippen LogP contribution in [0.2, 0.25) is 0 Å². The van der Waals surface area contributed by atoms with Gasteiger partial charge < -0.3 is 19.5 Å². The second-order valence-electron chi connectivity index (χ2n) is 9.01. The molecule has 1 saturated heterocycles. The first kappa shape index (κ1) is 29.2. The van der Waals surface area contributed by atoms with E-state index in [9.17, 15) is 24.5 Å². The summed E-state index contributed by atoms with van der Waals surface area (Å²) in [6.45, 7) is 3.80. The van der Waals surface area contributed by atoms with Crippen molar-refractivity contribution in [1.29, 1.82) is 0 Å². The molecule has 0 saturated carbocycles. The minimum absolute atomic E-state index is 0.115. The van der Waals surface area contributed by atoms with Gasteiger partial charge in [0.05, 0.1) is 23.5 Å². The Morgan fingerprint density at radius 2 is 1.83 bits per heavy atom. The number of amides is 3. The van der Waals surface area contributed by atoms with Crippen molar-refractivity contribution in [2.24, 2.45) is 0 Å². The van der Waals surface area contributed by atoms with Crippen molar-refractivity contribution in [2.75, 3.05) is 32.2 Å². The van der Waals surface area contributed by atoms with Gasteiger partial charge >= 0.3 is 0 Å². The Balaban J connectivity index is 1.35. The number of carbonyl (C=O) groups is 3. The van der Waals surface area contributed by atoms with E-state index in [-0.39, 0.29) is 47.0 Å². The van der Waals surface area contributed by atoms with Crippen LogP contribution in [0.15, 0.2) is 65.6 Å². The molecule has 1 aliphatic heterocycles. The number of rotatable bonds is 11. The third-order valence-electron chi connectivity index (χ3n) is 5.97. The molecule has 3 aromatic carbocycles. The maximum Gasteiger partial charge on any atom is 0.293 e. The Bertz CT molecular complexity index is 1540. The molecule has 11 nitrogen and oxygen atoms in total. The molecular formula is C29H27N3O8S. The van der Waals surface area contributed by atoms with Crippen LogP contribution in [-0.2, 0) is 9.59 Å². The number of thioether (sulfide) groups is 1. The summed E-state index contributed by atoms with van der Waals surface area (Å²) in [5.41, 5.74) is 2.72. The lowest BCUT2D eigenvalue weighted by atomic mass is 10.1. The van der Waals surface area contributed by atoms with Gasteiger partial charge in [0.1, 0.15) is 12.4 Å². The second-order valence-corrected chi connectivity index (χ2v) is 10.00. The number of imide groups is 1. The Morgan fingerprint density at radius 3 is 2.59 bits per heavy atom. The number of non-ortho nitro benzene ring substituents is 1. The summed E-state index contributed by atoms with van der Waals surface area (Å²) in [5.74, 6) is 0.357. The molecule has 0 atom stereocenters. The average molecular weight is 578 g/mol. The lowest BCUT2D eigenvalue weighted by Crippen LogP contribution is -2.32. The minimum Gasteiger partial charge on any atom is -0.493 e.